The van der Waals surface area contributed by atoms with Gasteiger partial charge in [-0.15, -0.1) is 0 Å². The average Bonchev–Trinajstić information content (AvgIpc) is 2.28. The summed E-state index contributed by atoms with van der Waals surface area (Å²) in [6.45, 7) is 1.82. The highest BCUT2D eigenvalue weighted by Crippen LogP contribution is 2.19. The second kappa shape index (κ2) is 6.17. The van der Waals surface area contributed by atoms with E-state index in [1.54, 1.807) is 31.2 Å². The van der Waals surface area contributed by atoms with Crippen molar-refractivity contribution in [3.05, 3.63) is 33.4 Å². The lowest BCUT2D eigenvalue weighted by molar-refractivity contribution is -0.159. The van der Waals surface area contributed by atoms with Crippen LogP contribution in [0.3, 0.4) is 0 Å². The predicted molar refractivity (Wildman–Crippen MR) is 66.8 cm³/mol. The van der Waals surface area contributed by atoms with Crippen LogP contribution >= 0.6 is 22.6 Å². The number of hydrogen-bond acceptors (Lipinski definition) is 4. The molecule has 4 nitrogen and oxygen atoms in total. The van der Waals surface area contributed by atoms with Crippen LogP contribution in [0.1, 0.15) is 18.6 Å². The lowest BCUT2D eigenvalue weighted by Gasteiger charge is -2.16. The fraction of sp³-hybridized carbons (Fsp3) is 0.364. The summed E-state index contributed by atoms with van der Waals surface area (Å²) < 4.78 is 5.63. The van der Waals surface area contributed by atoms with E-state index in [0.29, 0.717) is 5.56 Å². The van der Waals surface area contributed by atoms with E-state index < -0.39 is 18.2 Å². The molecule has 2 atom stereocenters. The van der Waals surface area contributed by atoms with Crippen molar-refractivity contribution in [2.45, 2.75) is 19.1 Å². The highest BCUT2D eigenvalue weighted by Gasteiger charge is 2.26. The van der Waals surface area contributed by atoms with Gasteiger partial charge >= 0.3 is 5.97 Å². The fourth-order valence-corrected chi connectivity index (χ4v) is 1.56. The molecule has 1 aromatic rings. The van der Waals surface area contributed by atoms with Crippen LogP contribution < -0.4 is 0 Å². The molecule has 16 heavy (non-hydrogen) atoms. The van der Waals surface area contributed by atoms with Crippen molar-refractivity contribution >= 4 is 28.6 Å². The van der Waals surface area contributed by atoms with Crippen molar-refractivity contribution in [2.75, 3.05) is 6.61 Å². The molecule has 88 valence electrons. The molecule has 0 amide bonds. The zero-order valence-electron chi connectivity index (χ0n) is 8.76. The number of aliphatic hydroxyl groups excluding tert-OH is 2. The first-order chi connectivity index (χ1) is 7.56. The van der Waals surface area contributed by atoms with Gasteiger partial charge in [0.25, 0.3) is 0 Å². The molecular formula is C11H13IO4. The summed E-state index contributed by atoms with van der Waals surface area (Å²) in [4.78, 5) is 11.2. The van der Waals surface area contributed by atoms with Gasteiger partial charge < -0.3 is 14.9 Å². The van der Waals surface area contributed by atoms with Crippen LogP contribution in [0.4, 0.5) is 0 Å². The van der Waals surface area contributed by atoms with Gasteiger partial charge in [-0.1, -0.05) is 12.1 Å². The maximum atomic E-state index is 11.2. The molecule has 1 rings (SSSR count). The summed E-state index contributed by atoms with van der Waals surface area (Å²) in [7, 11) is 0. The molecule has 0 fully saturated rings. The molecule has 5 heteroatoms. The number of hydrogen-bond donors (Lipinski definition) is 2. The summed E-state index contributed by atoms with van der Waals surface area (Å²) in [5.74, 6) is -0.812. The zero-order chi connectivity index (χ0) is 12.1. The second-order valence-electron chi connectivity index (χ2n) is 3.19. The molecular weight excluding hydrogens is 323 g/mol. The third-order valence-corrected chi connectivity index (χ3v) is 2.76. The Bertz CT molecular complexity index is 350. The van der Waals surface area contributed by atoms with Crippen LogP contribution in [0.5, 0.6) is 0 Å². The van der Waals surface area contributed by atoms with E-state index in [0.717, 1.165) is 3.57 Å². The minimum absolute atomic E-state index is 0.176. The van der Waals surface area contributed by atoms with Crippen molar-refractivity contribution < 1.29 is 19.7 Å². The smallest absolute Gasteiger partial charge is 0.338 e. The number of rotatable bonds is 4. The summed E-state index contributed by atoms with van der Waals surface area (Å²) in [6, 6.07) is 6.90. The van der Waals surface area contributed by atoms with Gasteiger partial charge in [0.1, 0.15) is 6.10 Å². The van der Waals surface area contributed by atoms with Crippen LogP contribution in [-0.2, 0) is 9.53 Å². The zero-order valence-corrected chi connectivity index (χ0v) is 10.9. The molecule has 0 aromatic heterocycles. The molecule has 2 N–H and O–H groups in total. The Morgan fingerprint density at radius 3 is 2.44 bits per heavy atom. The van der Waals surface area contributed by atoms with E-state index in [2.05, 4.69) is 27.3 Å². The number of aliphatic hydroxyl groups is 2. The molecule has 0 radical (unpaired) electrons. The van der Waals surface area contributed by atoms with E-state index in [9.17, 15) is 15.0 Å². The Balaban J connectivity index is 2.73. The number of carbonyl (C=O) groups is 1. The van der Waals surface area contributed by atoms with Crippen LogP contribution in [0, 0.1) is 3.57 Å². The number of benzene rings is 1. The first-order valence-electron chi connectivity index (χ1n) is 4.84. The monoisotopic (exact) mass is 336 g/mol. The first-order valence-corrected chi connectivity index (χ1v) is 5.92. The van der Waals surface area contributed by atoms with Gasteiger partial charge in [-0.05, 0) is 47.2 Å². The highest BCUT2D eigenvalue weighted by atomic mass is 127. The van der Waals surface area contributed by atoms with Crippen molar-refractivity contribution in [3.8, 4) is 0 Å². The van der Waals surface area contributed by atoms with Crippen LogP contribution in [-0.4, -0.2) is 28.9 Å². The summed E-state index contributed by atoms with van der Waals surface area (Å²) in [5, 5.41) is 19.2. The van der Waals surface area contributed by atoms with Gasteiger partial charge in [-0.25, -0.2) is 4.79 Å². The Hall–Kier alpha value is -0.660. The summed E-state index contributed by atoms with van der Waals surface area (Å²) in [6.07, 6.45) is -2.80. The van der Waals surface area contributed by atoms with Crippen LogP contribution in [0.15, 0.2) is 24.3 Å². The van der Waals surface area contributed by atoms with Gasteiger partial charge in [0.05, 0.1) is 6.61 Å². The molecule has 0 aliphatic heterocycles. The van der Waals surface area contributed by atoms with Gasteiger partial charge in [0, 0.05) is 3.57 Å². The number of carbonyl (C=O) groups excluding carboxylic acids is 1. The lowest BCUT2D eigenvalue weighted by Crippen LogP contribution is -2.29. The summed E-state index contributed by atoms with van der Waals surface area (Å²) >= 11 is 2.13. The van der Waals surface area contributed by atoms with Gasteiger partial charge in [0.15, 0.2) is 6.10 Å². The topological polar surface area (TPSA) is 66.8 Å². The predicted octanol–water partition coefficient (Wildman–Crippen LogP) is 1.25. The largest absolute Gasteiger partial charge is 0.464 e. The molecule has 0 saturated heterocycles. The van der Waals surface area contributed by atoms with Crippen molar-refractivity contribution in [3.63, 3.8) is 0 Å². The van der Waals surface area contributed by atoms with Gasteiger partial charge in [0.2, 0.25) is 0 Å². The van der Waals surface area contributed by atoms with E-state index in [1.165, 1.54) is 0 Å². The third-order valence-electron chi connectivity index (χ3n) is 2.04. The van der Waals surface area contributed by atoms with Crippen LogP contribution in [0.2, 0.25) is 0 Å². The number of esters is 1. The second-order valence-corrected chi connectivity index (χ2v) is 4.44. The van der Waals surface area contributed by atoms with Crippen molar-refractivity contribution in [1.29, 1.82) is 0 Å². The first kappa shape index (κ1) is 13.4. The number of ether oxygens (including phenoxy) is 1. The Labute approximate surface area is 107 Å². The van der Waals surface area contributed by atoms with Crippen molar-refractivity contribution in [2.24, 2.45) is 0 Å². The van der Waals surface area contributed by atoms with E-state index in [-0.39, 0.29) is 6.61 Å². The molecule has 2 unspecified atom stereocenters. The highest BCUT2D eigenvalue weighted by molar-refractivity contribution is 14.1. The molecule has 0 heterocycles. The molecule has 0 bridgehead atoms. The maximum Gasteiger partial charge on any atom is 0.338 e. The average molecular weight is 336 g/mol. The van der Waals surface area contributed by atoms with E-state index >= 15 is 0 Å². The Kier molecular flexibility index (Phi) is 5.17. The normalized spacial score (nSPS) is 14.2. The van der Waals surface area contributed by atoms with Crippen molar-refractivity contribution in [1.82, 2.24) is 0 Å². The van der Waals surface area contributed by atoms with Gasteiger partial charge in [-0.2, -0.15) is 0 Å². The Morgan fingerprint density at radius 1 is 1.38 bits per heavy atom. The molecule has 1 aromatic carbocycles. The molecule has 0 spiro atoms. The minimum atomic E-state index is -1.54. The minimum Gasteiger partial charge on any atom is -0.464 e. The molecule has 0 aliphatic rings. The van der Waals surface area contributed by atoms with E-state index in [4.69, 9.17) is 0 Å². The Morgan fingerprint density at radius 2 is 1.94 bits per heavy atom. The number of halogens is 1. The molecule has 0 saturated carbocycles. The SMILES string of the molecule is CCOC(=O)C(O)C(O)c1ccc(I)cc1. The maximum absolute atomic E-state index is 11.2. The summed E-state index contributed by atoms with van der Waals surface area (Å²) in [5.41, 5.74) is 0.487. The standard InChI is InChI=1S/C11H13IO4/c1-2-16-11(15)10(14)9(13)7-3-5-8(12)6-4-7/h3-6,9-10,13-14H,2H2,1H3. The fourth-order valence-electron chi connectivity index (χ4n) is 1.20. The molecule has 0 aliphatic carbocycles. The quantitative estimate of drug-likeness (QED) is 0.642. The lowest BCUT2D eigenvalue weighted by atomic mass is 10.0. The van der Waals surface area contributed by atoms with E-state index in [1.807, 2.05) is 0 Å². The third kappa shape index (κ3) is 3.43. The van der Waals surface area contributed by atoms with Crippen LogP contribution in [0.25, 0.3) is 0 Å². The van der Waals surface area contributed by atoms with Gasteiger partial charge in [-0.3, -0.25) is 0 Å².